The van der Waals surface area contributed by atoms with E-state index in [9.17, 15) is 14.4 Å². The second-order valence-corrected chi connectivity index (χ2v) is 8.20. The molecule has 4 rings (SSSR count). The van der Waals surface area contributed by atoms with E-state index in [0.29, 0.717) is 0 Å². The number of quaternary nitrogens is 1. The molecular weight excluding hydrogens is 388 g/mol. The molecule has 0 aliphatic carbocycles. The molecular formula is C21H21N4O3S+. The summed E-state index contributed by atoms with van der Waals surface area (Å²) in [6.07, 6.45) is 0. The number of imide groups is 2. The lowest BCUT2D eigenvalue weighted by Gasteiger charge is -2.23. The van der Waals surface area contributed by atoms with Gasteiger partial charge in [-0.15, -0.1) is 11.3 Å². The zero-order chi connectivity index (χ0) is 20.5. The number of aromatic nitrogens is 1. The average Bonchev–Trinajstić information content (AvgIpc) is 3.25. The third-order valence-corrected chi connectivity index (χ3v) is 6.37. The van der Waals surface area contributed by atoms with E-state index in [2.05, 4.69) is 4.98 Å². The Morgan fingerprint density at radius 1 is 0.966 bits per heavy atom. The molecule has 1 aliphatic rings. The van der Waals surface area contributed by atoms with Gasteiger partial charge >= 0.3 is 17.8 Å². The van der Waals surface area contributed by atoms with Crippen LogP contribution >= 0.6 is 11.3 Å². The van der Waals surface area contributed by atoms with Crippen molar-refractivity contribution in [3.8, 4) is 0 Å². The van der Waals surface area contributed by atoms with Gasteiger partial charge < -0.3 is 4.90 Å². The molecule has 3 aromatic rings. The molecule has 2 heterocycles. The van der Waals surface area contributed by atoms with Crippen molar-refractivity contribution in [2.45, 2.75) is 19.5 Å². The molecule has 0 bridgehead atoms. The van der Waals surface area contributed by atoms with Crippen LogP contribution in [0.15, 0.2) is 54.6 Å². The van der Waals surface area contributed by atoms with E-state index in [0.717, 1.165) is 35.5 Å². The number of urea groups is 1. The zero-order valence-electron chi connectivity index (χ0n) is 16.2. The summed E-state index contributed by atoms with van der Waals surface area (Å²) in [7, 11) is 1.89. The highest BCUT2D eigenvalue weighted by Gasteiger charge is 2.46. The van der Waals surface area contributed by atoms with Crippen LogP contribution in [0.1, 0.15) is 23.5 Å². The fraction of sp³-hybridized carbons (Fsp3) is 0.238. The van der Waals surface area contributed by atoms with Crippen LogP contribution in [0.3, 0.4) is 0 Å². The van der Waals surface area contributed by atoms with Crippen molar-refractivity contribution in [3.63, 3.8) is 0 Å². The Labute approximate surface area is 172 Å². The van der Waals surface area contributed by atoms with Crippen molar-refractivity contribution in [3.05, 3.63) is 65.2 Å². The summed E-state index contributed by atoms with van der Waals surface area (Å²) in [5.74, 6) is -1.55. The van der Waals surface area contributed by atoms with Gasteiger partial charge in [0.15, 0.2) is 11.7 Å². The van der Waals surface area contributed by atoms with Gasteiger partial charge in [-0.05, 0) is 24.6 Å². The Morgan fingerprint density at radius 2 is 1.62 bits per heavy atom. The van der Waals surface area contributed by atoms with Crippen LogP contribution in [0.5, 0.6) is 0 Å². The summed E-state index contributed by atoms with van der Waals surface area (Å²) < 4.78 is 1.10. The second-order valence-electron chi connectivity index (χ2n) is 7.14. The molecule has 7 nitrogen and oxygen atoms in total. The highest BCUT2D eigenvalue weighted by atomic mass is 32.1. The average molecular weight is 409 g/mol. The van der Waals surface area contributed by atoms with Crippen LogP contribution in [0.4, 0.5) is 4.79 Å². The third-order valence-electron chi connectivity index (χ3n) is 5.15. The number of para-hydroxylation sites is 1. The first-order valence-electron chi connectivity index (χ1n) is 9.34. The van der Waals surface area contributed by atoms with E-state index >= 15 is 0 Å². The van der Waals surface area contributed by atoms with E-state index in [4.69, 9.17) is 0 Å². The van der Waals surface area contributed by atoms with Crippen LogP contribution in [0.2, 0.25) is 0 Å². The Bertz CT molecular complexity index is 1050. The largest absolute Gasteiger partial charge is 0.339 e. The smallest absolute Gasteiger partial charge is 0.312 e. The van der Waals surface area contributed by atoms with Crippen molar-refractivity contribution in [1.82, 2.24) is 14.8 Å². The molecule has 1 saturated heterocycles. The predicted octanol–water partition coefficient (Wildman–Crippen LogP) is 1.82. The standard InChI is InChI=1S/C21H20N4O3S/c1-14(18-22-16-10-6-7-11-17(16)29-18)23(2)13-25-20(27)19(26)24(21(25)28)12-15-8-4-3-5-9-15/h3-11,14H,12-13H2,1-2H3/p+1/t14-/m0/s1. The monoisotopic (exact) mass is 409 g/mol. The maximum atomic E-state index is 12.8. The summed E-state index contributed by atoms with van der Waals surface area (Å²) in [6.45, 7) is 2.20. The van der Waals surface area contributed by atoms with Gasteiger partial charge in [-0.2, -0.15) is 0 Å². The molecule has 0 radical (unpaired) electrons. The number of nitrogens with one attached hydrogen (secondary N) is 1. The molecule has 1 N–H and O–H groups in total. The fourth-order valence-corrected chi connectivity index (χ4v) is 4.38. The van der Waals surface area contributed by atoms with Crippen LogP contribution in [-0.4, -0.2) is 46.3 Å². The molecule has 1 aliphatic heterocycles. The van der Waals surface area contributed by atoms with E-state index in [1.165, 1.54) is 0 Å². The number of nitrogens with zero attached hydrogens (tertiary/aromatic N) is 3. The van der Waals surface area contributed by atoms with Crippen molar-refractivity contribution in [2.75, 3.05) is 13.7 Å². The first-order chi connectivity index (χ1) is 14.0. The molecule has 4 amide bonds. The first kappa shape index (κ1) is 19.2. The number of hydrogen-bond acceptors (Lipinski definition) is 5. The number of amides is 4. The number of carbonyl (C=O) groups is 3. The van der Waals surface area contributed by atoms with Crippen LogP contribution in [0.25, 0.3) is 10.2 Å². The van der Waals surface area contributed by atoms with Gasteiger partial charge in [0, 0.05) is 0 Å². The minimum atomic E-state index is -0.778. The minimum absolute atomic E-state index is 0.0359. The molecule has 0 spiro atoms. The third kappa shape index (κ3) is 3.64. The van der Waals surface area contributed by atoms with Gasteiger partial charge in [-0.1, -0.05) is 42.5 Å². The maximum absolute atomic E-state index is 12.8. The molecule has 8 heteroatoms. The number of benzene rings is 2. The van der Waals surface area contributed by atoms with E-state index < -0.39 is 17.8 Å². The van der Waals surface area contributed by atoms with Gasteiger partial charge in [0.05, 0.1) is 23.8 Å². The summed E-state index contributed by atoms with van der Waals surface area (Å²) in [6, 6.07) is 16.5. The maximum Gasteiger partial charge on any atom is 0.339 e. The Hall–Kier alpha value is -3.10. The normalized spacial score (nSPS) is 16.7. The summed E-state index contributed by atoms with van der Waals surface area (Å²) in [5.41, 5.74) is 1.73. The lowest BCUT2D eigenvalue weighted by atomic mass is 10.2. The molecule has 148 valence electrons. The van der Waals surface area contributed by atoms with Gasteiger partial charge in [0.2, 0.25) is 0 Å². The van der Waals surface area contributed by atoms with Crippen molar-refractivity contribution in [2.24, 2.45) is 0 Å². The van der Waals surface area contributed by atoms with Crippen LogP contribution < -0.4 is 4.90 Å². The molecule has 1 fully saturated rings. The SMILES string of the molecule is C[C@@H](c1nc2ccccc2s1)[NH+](C)CN1C(=O)C(=O)N(Cc2ccccc2)C1=O. The predicted molar refractivity (Wildman–Crippen MR) is 109 cm³/mol. The first-order valence-corrected chi connectivity index (χ1v) is 10.2. The van der Waals surface area contributed by atoms with Crippen molar-refractivity contribution < 1.29 is 19.3 Å². The van der Waals surface area contributed by atoms with Gasteiger partial charge in [0.1, 0.15) is 6.04 Å². The molecule has 1 aromatic heterocycles. The van der Waals surface area contributed by atoms with Crippen molar-refractivity contribution in [1.29, 1.82) is 0 Å². The molecule has 1 unspecified atom stereocenters. The van der Waals surface area contributed by atoms with Crippen LogP contribution in [0, 0.1) is 0 Å². The lowest BCUT2D eigenvalue weighted by molar-refractivity contribution is -0.917. The Kier molecular flexibility index (Phi) is 5.12. The molecule has 2 atom stereocenters. The van der Waals surface area contributed by atoms with Gasteiger partial charge in [0.25, 0.3) is 0 Å². The minimum Gasteiger partial charge on any atom is -0.312 e. The Morgan fingerprint density at radius 3 is 2.34 bits per heavy atom. The van der Waals surface area contributed by atoms with Gasteiger partial charge in [-0.25, -0.2) is 14.7 Å². The number of carbonyl (C=O) groups excluding carboxylic acids is 3. The topological polar surface area (TPSA) is 75.0 Å². The summed E-state index contributed by atoms with van der Waals surface area (Å²) in [5, 5.41) is 0.926. The lowest BCUT2D eigenvalue weighted by Crippen LogP contribution is -3.10. The number of fused-ring (bicyclic) bond motifs is 1. The number of thiazole rings is 1. The summed E-state index contributed by atoms with van der Waals surface area (Å²) in [4.78, 5) is 45.2. The van der Waals surface area contributed by atoms with E-state index in [-0.39, 0.29) is 19.3 Å². The number of hydrogen-bond donors (Lipinski definition) is 1. The summed E-state index contributed by atoms with van der Waals surface area (Å²) >= 11 is 1.60. The quantitative estimate of drug-likeness (QED) is 0.498. The highest BCUT2D eigenvalue weighted by molar-refractivity contribution is 7.18. The number of rotatable bonds is 6. The molecule has 2 aromatic carbocycles. The van der Waals surface area contributed by atoms with Gasteiger partial charge in [-0.3, -0.25) is 14.5 Å². The van der Waals surface area contributed by atoms with E-state index in [1.54, 1.807) is 11.3 Å². The van der Waals surface area contributed by atoms with E-state index in [1.807, 2.05) is 68.6 Å². The van der Waals surface area contributed by atoms with Crippen molar-refractivity contribution >= 4 is 39.4 Å². The Balaban J connectivity index is 1.48. The van der Waals surface area contributed by atoms with Crippen LogP contribution in [-0.2, 0) is 16.1 Å². The highest BCUT2D eigenvalue weighted by Crippen LogP contribution is 2.25. The fourth-order valence-electron chi connectivity index (χ4n) is 3.27. The molecule has 29 heavy (non-hydrogen) atoms. The second kappa shape index (κ2) is 7.73. The zero-order valence-corrected chi connectivity index (χ0v) is 17.0. The molecule has 0 saturated carbocycles.